The second kappa shape index (κ2) is 5.91. The summed E-state index contributed by atoms with van der Waals surface area (Å²) in [6.07, 6.45) is 10.5. The number of amides is 1. The third-order valence-electron chi connectivity index (χ3n) is 6.60. The maximum atomic E-state index is 12.5. The molecule has 8 nitrogen and oxygen atoms in total. The Bertz CT molecular complexity index is 1160. The molecule has 1 amide bonds. The van der Waals surface area contributed by atoms with Crippen molar-refractivity contribution in [3.63, 3.8) is 0 Å². The highest BCUT2D eigenvalue weighted by Gasteiger charge is 2.50. The molecule has 5 heterocycles. The van der Waals surface area contributed by atoms with Crippen LogP contribution in [0.25, 0.3) is 16.6 Å². The lowest BCUT2D eigenvalue weighted by atomic mass is 9.64. The lowest BCUT2D eigenvalue weighted by Gasteiger charge is -2.53. The first kappa shape index (κ1) is 16.7. The average molecular weight is 388 g/mol. The van der Waals surface area contributed by atoms with Crippen LogP contribution in [0.4, 0.5) is 5.69 Å². The maximum absolute atomic E-state index is 12.5. The smallest absolute Gasteiger partial charge is 0.244 e. The average Bonchev–Trinajstić information content (AvgIpc) is 3.36. The molecular weight excluding hydrogens is 368 g/mol. The monoisotopic (exact) mass is 388 g/mol. The van der Waals surface area contributed by atoms with E-state index in [1.165, 1.54) is 0 Å². The summed E-state index contributed by atoms with van der Waals surface area (Å²) in [7, 11) is 0. The van der Waals surface area contributed by atoms with Crippen LogP contribution in [-0.2, 0) is 9.53 Å². The molecule has 0 aromatic carbocycles. The number of fused-ring (bicyclic) bond motifs is 1. The third-order valence-corrected chi connectivity index (χ3v) is 6.60. The number of carbonyl (C=O) groups is 1. The van der Waals surface area contributed by atoms with E-state index < -0.39 is 5.92 Å². The highest BCUT2D eigenvalue weighted by atomic mass is 16.5. The predicted octanol–water partition coefficient (Wildman–Crippen LogP) is 2.43. The van der Waals surface area contributed by atoms with Crippen molar-refractivity contribution >= 4 is 17.1 Å². The molecule has 0 radical (unpaired) electrons. The Balaban J connectivity index is 1.30. The van der Waals surface area contributed by atoms with Crippen LogP contribution in [0.1, 0.15) is 25.3 Å². The first-order valence-corrected chi connectivity index (χ1v) is 9.96. The van der Waals surface area contributed by atoms with E-state index in [9.17, 15) is 4.79 Å². The number of anilines is 1. The minimum Gasteiger partial charge on any atom is -0.380 e. The summed E-state index contributed by atoms with van der Waals surface area (Å²) >= 11 is 0. The molecule has 0 N–H and O–H groups in total. The molecule has 29 heavy (non-hydrogen) atoms. The zero-order valence-corrected chi connectivity index (χ0v) is 15.9. The molecule has 2 saturated heterocycles. The van der Waals surface area contributed by atoms with E-state index in [1.54, 1.807) is 15.6 Å². The lowest BCUT2D eigenvalue weighted by Crippen LogP contribution is -2.52. The Morgan fingerprint density at radius 3 is 2.79 bits per heavy atom. The summed E-state index contributed by atoms with van der Waals surface area (Å²) in [5, 5.41) is 18.2. The first-order valence-electron chi connectivity index (χ1n) is 9.96. The molecule has 146 valence electrons. The van der Waals surface area contributed by atoms with Crippen LogP contribution in [-0.4, -0.2) is 45.1 Å². The van der Waals surface area contributed by atoms with Gasteiger partial charge in [-0.15, -0.1) is 0 Å². The Morgan fingerprint density at radius 1 is 1.21 bits per heavy atom. The molecule has 1 aliphatic carbocycles. The van der Waals surface area contributed by atoms with Gasteiger partial charge in [0.25, 0.3) is 0 Å². The summed E-state index contributed by atoms with van der Waals surface area (Å²) in [5.41, 5.74) is 4.11. The van der Waals surface area contributed by atoms with Crippen molar-refractivity contribution in [1.29, 1.82) is 5.26 Å². The molecule has 2 aliphatic heterocycles. The van der Waals surface area contributed by atoms with Crippen LogP contribution in [0.15, 0.2) is 36.9 Å². The van der Waals surface area contributed by atoms with Gasteiger partial charge < -0.3 is 9.64 Å². The van der Waals surface area contributed by atoms with Gasteiger partial charge >= 0.3 is 0 Å². The number of rotatable bonds is 3. The number of hydrogen-bond acceptors (Lipinski definition) is 5. The van der Waals surface area contributed by atoms with Gasteiger partial charge in [-0.05, 0) is 31.4 Å². The van der Waals surface area contributed by atoms with Crippen LogP contribution in [0, 0.1) is 22.7 Å². The Kier molecular flexibility index (Phi) is 3.41. The van der Waals surface area contributed by atoms with E-state index in [0.717, 1.165) is 48.4 Å². The fourth-order valence-electron chi connectivity index (χ4n) is 4.87. The second-order valence-corrected chi connectivity index (χ2v) is 8.50. The van der Waals surface area contributed by atoms with Crippen molar-refractivity contribution < 1.29 is 9.53 Å². The van der Waals surface area contributed by atoms with Crippen molar-refractivity contribution in [2.45, 2.75) is 25.3 Å². The van der Waals surface area contributed by atoms with Gasteiger partial charge in [-0.3, -0.25) is 9.48 Å². The van der Waals surface area contributed by atoms with E-state index in [4.69, 9.17) is 10.00 Å². The van der Waals surface area contributed by atoms with Crippen LogP contribution >= 0.6 is 0 Å². The Morgan fingerprint density at radius 2 is 2.07 bits per heavy atom. The molecule has 1 spiro atoms. The molecular formula is C21H20N6O2. The lowest BCUT2D eigenvalue weighted by molar-refractivity contribution is -0.175. The molecule has 1 saturated carbocycles. The van der Waals surface area contributed by atoms with E-state index in [0.29, 0.717) is 24.4 Å². The van der Waals surface area contributed by atoms with E-state index in [2.05, 4.69) is 27.1 Å². The Hall–Kier alpha value is -3.18. The van der Waals surface area contributed by atoms with Crippen molar-refractivity contribution in [3.8, 4) is 17.2 Å². The summed E-state index contributed by atoms with van der Waals surface area (Å²) in [6, 6.07) is 6.43. The number of nitriles is 1. The summed E-state index contributed by atoms with van der Waals surface area (Å²) < 4.78 is 9.22. The normalized spacial score (nSPS) is 23.3. The fraction of sp³-hybridized carbons (Fsp3) is 0.429. The standard InChI is InChI=1S/C21H20N6O2/c22-8-14-2-4-25(20(14)28)18-1-3-23-27-10-15(5-19(18)27)16-9-24-26(11-16)17-6-21(7-17)12-29-13-21/h1,3,5,9-11,14,17H,2,4,6-7,12-13H2. The molecule has 3 aromatic heterocycles. The van der Waals surface area contributed by atoms with Gasteiger partial charge in [-0.2, -0.15) is 15.5 Å². The van der Waals surface area contributed by atoms with Crippen molar-refractivity contribution in [2.75, 3.05) is 24.7 Å². The van der Waals surface area contributed by atoms with Gasteiger partial charge in [-0.1, -0.05) is 0 Å². The van der Waals surface area contributed by atoms with E-state index >= 15 is 0 Å². The molecule has 1 unspecified atom stereocenters. The largest absolute Gasteiger partial charge is 0.380 e. The summed E-state index contributed by atoms with van der Waals surface area (Å²) in [5.74, 6) is -0.683. The van der Waals surface area contributed by atoms with Crippen LogP contribution in [0.3, 0.4) is 0 Å². The molecule has 0 bridgehead atoms. The number of aromatic nitrogens is 4. The van der Waals surface area contributed by atoms with Crippen LogP contribution in [0.2, 0.25) is 0 Å². The second-order valence-electron chi connectivity index (χ2n) is 8.50. The van der Waals surface area contributed by atoms with Crippen LogP contribution in [0.5, 0.6) is 0 Å². The quantitative estimate of drug-likeness (QED) is 0.688. The SMILES string of the molecule is N#CC1CCN(c2ccnn3cc(-c4cnn(C5CC6(COC6)C5)c4)cc23)C1=O. The summed E-state index contributed by atoms with van der Waals surface area (Å²) in [4.78, 5) is 14.2. The van der Waals surface area contributed by atoms with Crippen molar-refractivity contribution in [3.05, 3.63) is 36.9 Å². The Labute approximate surface area is 167 Å². The molecule has 3 fully saturated rings. The van der Waals surface area contributed by atoms with Gasteiger partial charge in [0, 0.05) is 41.7 Å². The maximum Gasteiger partial charge on any atom is 0.244 e. The van der Waals surface area contributed by atoms with E-state index in [1.807, 2.05) is 24.5 Å². The first-order chi connectivity index (χ1) is 14.2. The number of hydrogen-bond donors (Lipinski definition) is 0. The van der Waals surface area contributed by atoms with Gasteiger partial charge in [0.1, 0.15) is 5.92 Å². The van der Waals surface area contributed by atoms with Gasteiger partial charge in [0.15, 0.2) is 0 Å². The fourth-order valence-corrected chi connectivity index (χ4v) is 4.87. The van der Waals surface area contributed by atoms with Crippen molar-refractivity contribution in [1.82, 2.24) is 19.4 Å². The van der Waals surface area contributed by atoms with E-state index in [-0.39, 0.29) is 5.91 Å². The van der Waals surface area contributed by atoms with Gasteiger partial charge in [0.05, 0.1) is 42.7 Å². The van der Waals surface area contributed by atoms with Crippen molar-refractivity contribution in [2.24, 2.45) is 11.3 Å². The minimum atomic E-state index is -0.553. The number of ether oxygens (including phenoxy) is 1. The molecule has 3 aromatic rings. The van der Waals surface area contributed by atoms with Gasteiger partial charge in [-0.25, -0.2) is 4.52 Å². The molecule has 6 rings (SSSR count). The molecule has 3 aliphatic rings. The highest BCUT2D eigenvalue weighted by molar-refractivity contribution is 6.02. The summed E-state index contributed by atoms with van der Waals surface area (Å²) in [6.45, 7) is 2.33. The molecule has 1 atom stereocenters. The third kappa shape index (κ3) is 2.44. The number of carbonyl (C=O) groups excluding carboxylic acids is 1. The van der Waals surface area contributed by atoms with Crippen LogP contribution < -0.4 is 4.90 Å². The predicted molar refractivity (Wildman–Crippen MR) is 104 cm³/mol. The minimum absolute atomic E-state index is 0.130. The molecule has 8 heteroatoms. The number of nitrogens with zero attached hydrogens (tertiary/aromatic N) is 6. The highest BCUT2D eigenvalue weighted by Crippen LogP contribution is 2.52. The zero-order valence-electron chi connectivity index (χ0n) is 15.9. The topological polar surface area (TPSA) is 88.4 Å². The zero-order chi connectivity index (χ0) is 19.6. The van der Waals surface area contributed by atoms with Gasteiger partial charge in [0.2, 0.25) is 5.91 Å².